The van der Waals surface area contributed by atoms with Gasteiger partial charge in [0.2, 0.25) is 0 Å². The Kier molecular flexibility index (Phi) is 16.6. The first kappa shape index (κ1) is 15.2. The van der Waals surface area contributed by atoms with E-state index in [-0.39, 0.29) is 5.78 Å². The molecule has 0 aromatic heterocycles. The van der Waals surface area contributed by atoms with Crippen molar-refractivity contribution in [2.75, 3.05) is 0 Å². The van der Waals surface area contributed by atoms with Gasteiger partial charge in [-0.1, -0.05) is 58.8 Å². The average Bonchev–Trinajstić information content (AvgIpc) is 2.03. The van der Waals surface area contributed by atoms with Crippen LogP contribution in [0.5, 0.6) is 0 Å². The van der Waals surface area contributed by atoms with E-state index in [0.717, 1.165) is 0 Å². The van der Waals surface area contributed by atoms with Gasteiger partial charge in [-0.3, -0.25) is 0 Å². The summed E-state index contributed by atoms with van der Waals surface area (Å²) in [6, 6.07) is 0. The van der Waals surface area contributed by atoms with Crippen molar-refractivity contribution in [3.63, 3.8) is 0 Å². The molecule has 0 saturated heterocycles. The topological polar surface area (TPSA) is 17.1 Å². The van der Waals surface area contributed by atoms with Gasteiger partial charge in [-0.25, -0.2) is 0 Å². The summed E-state index contributed by atoms with van der Waals surface area (Å²) in [5.41, 5.74) is 0. The first-order valence-electron chi connectivity index (χ1n) is 5.62. The van der Waals surface area contributed by atoms with Crippen LogP contribution in [0.3, 0.4) is 0 Å². The van der Waals surface area contributed by atoms with Crippen LogP contribution in [0.1, 0.15) is 72.6 Å². The molecule has 0 aliphatic rings. The molecule has 0 aromatic carbocycles. The van der Waals surface area contributed by atoms with Crippen molar-refractivity contribution >= 4 is 5.78 Å². The first-order valence-corrected chi connectivity index (χ1v) is 5.62. The van der Waals surface area contributed by atoms with Crippen LogP contribution < -0.4 is 0 Å². The molecular weight excluding hydrogens is 160 g/mol. The van der Waals surface area contributed by atoms with Crippen LogP contribution in [0.4, 0.5) is 0 Å². The highest BCUT2D eigenvalue weighted by atomic mass is 16.1. The highest BCUT2D eigenvalue weighted by molar-refractivity contribution is 5.72. The van der Waals surface area contributed by atoms with Crippen LogP contribution >= 0.6 is 0 Å². The highest BCUT2D eigenvalue weighted by Crippen LogP contribution is 2.05. The zero-order chi connectivity index (χ0) is 10.5. The molecule has 0 heterocycles. The molecule has 0 radical (unpaired) electrons. The largest absolute Gasteiger partial charge is 0.300 e. The van der Waals surface area contributed by atoms with Crippen molar-refractivity contribution in [2.45, 2.75) is 72.6 Å². The maximum absolute atomic E-state index is 9.44. The smallest absolute Gasteiger partial charge is 0.126 e. The van der Waals surface area contributed by atoms with Crippen molar-refractivity contribution in [1.29, 1.82) is 0 Å². The summed E-state index contributed by atoms with van der Waals surface area (Å²) >= 11 is 0. The van der Waals surface area contributed by atoms with Gasteiger partial charge < -0.3 is 4.79 Å². The Hall–Kier alpha value is -0.330. The van der Waals surface area contributed by atoms with Gasteiger partial charge in [-0.2, -0.15) is 0 Å². The maximum atomic E-state index is 9.44. The van der Waals surface area contributed by atoms with E-state index in [1.165, 1.54) is 58.8 Å². The summed E-state index contributed by atoms with van der Waals surface area (Å²) < 4.78 is 0. The Morgan fingerprint density at radius 2 is 1.00 bits per heavy atom. The highest BCUT2D eigenvalue weighted by Gasteiger charge is 1.85. The molecule has 0 amide bonds. The van der Waals surface area contributed by atoms with E-state index >= 15 is 0 Å². The summed E-state index contributed by atoms with van der Waals surface area (Å²) in [4.78, 5) is 9.44. The van der Waals surface area contributed by atoms with E-state index in [0.29, 0.717) is 0 Å². The fraction of sp³-hybridized carbons (Fsp3) is 0.917. The quantitative estimate of drug-likeness (QED) is 0.563. The van der Waals surface area contributed by atoms with E-state index in [4.69, 9.17) is 0 Å². The Bertz CT molecular complexity index is 87.3. The molecule has 80 valence electrons. The number of hydrogen-bond acceptors (Lipinski definition) is 1. The number of carbonyl (C=O) groups is 1. The second-order valence-corrected chi connectivity index (χ2v) is 3.68. The number of rotatable bonds is 6. The number of ketones is 1. The standard InChI is InChI=1S/C9H20.C3H6O/c1-3-5-7-9-8-6-4-2;1-3(2)4/h3-9H2,1-2H3;1-2H3. The predicted molar refractivity (Wildman–Crippen MR) is 60.0 cm³/mol. The third-order valence-corrected chi connectivity index (χ3v) is 1.71. The van der Waals surface area contributed by atoms with Crippen molar-refractivity contribution in [3.8, 4) is 0 Å². The number of unbranched alkanes of at least 4 members (excludes halogenated alkanes) is 6. The van der Waals surface area contributed by atoms with Gasteiger partial charge in [-0.15, -0.1) is 0 Å². The van der Waals surface area contributed by atoms with Crippen LogP contribution in [0.25, 0.3) is 0 Å². The van der Waals surface area contributed by atoms with E-state index in [9.17, 15) is 4.79 Å². The fourth-order valence-corrected chi connectivity index (χ4v) is 1.03. The summed E-state index contributed by atoms with van der Waals surface area (Å²) in [5.74, 6) is 0.167. The lowest BCUT2D eigenvalue weighted by molar-refractivity contribution is -0.114. The second-order valence-electron chi connectivity index (χ2n) is 3.68. The minimum Gasteiger partial charge on any atom is -0.300 e. The third kappa shape index (κ3) is 33.9. The Morgan fingerprint density at radius 3 is 1.23 bits per heavy atom. The molecule has 13 heavy (non-hydrogen) atoms. The average molecular weight is 186 g/mol. The molecule has 1 heteroatoms. The monoisotopic (exact) mass is 186 g/mol. The van der Waals surface area contributed by atoms with Crippen LogP contribution in [-0.2, 0) is 4.79 Å². The molecule has 0 spiro atoms. The maximum Gasteiger partial charge on any atom is 0.126 e. The minimum absolute atomic E-state index is 0.167. The van der Waals surface area contributed by atoms with Crippen LogP contribution in [0.15, 0.2) is 0 Å². The second kappa shape index (κ2) is 14.2. The molecule has 0 rings (SSSR count). The van der Waals surface area contributed by atoms with E-state index in [1.807, 2.05) is 0 Å². The summed E-state index contributed by atoms with van der Waals surface area (Å²) in [6.07, 6.45) is 9.97. The van der Waals surface area contributed by atoms with Crippen LogP contribution in [0, 0.1) is 0 Å². The molecule has 1 nitrogen and oxygen atoms in total. The normalized spacial score (nSPS) is 8.92. The minimum atomic E-state index is 0.167. The van der Waals surface area contributed by atoms with Gasteiger partial charge in [0, 0.05) is 0 Å². The fourth-order valence-electron chi connectivity index (χ4n) is 1.03. The van der Waals surface area contributed by atoms with E-state index in [1.54, 1.807) is 0 Å². The predicted octanol–water partition coefficient (Wildman–Crippen LogP) is 4.35. The van der Waals surface area contributed by atoms with Gasteiger partial charge in [0.25, 0.3) is 0 Å². The van der Waals surface area contributed by atoms with Crippen molar-refractivity contribution in [2.24, 2.45) is 0 Å². The SMILES string of the molecule is CC(C)=O.CCCCCCCCC. The molecule has 0 unspecified atom stereocenters. The van der Waals surface area contributed by atoms with Crippen LogP contribution in [-0.4, -0.2) is 5.78 Å². The summed E-state index contributed by atoms with van der Waals surface area (Å²) in [5, 5.41) is 0. The zero-order valence-corrected chi connectivity index (χ0v) is 9.86. The molecule has 0 fully saturated rings. The van der Waals surface area contributed by atoms with Crippen molar-refractivity contribution < 1.29 is 4.79 Å². The van der Waals surface area contributed by atoms with Gasteiger partial charge in [0.15, 0.2) is 0 Å². The Morgan fingerprint density at radius 1 is 0.769 bits per heavy atom. The molecular formula is C12H26O. The third-order valence-electron chi connectivity index (χ3n) is 1.71. The first-order chi connectivity index (χ1) is 6.15. The molecule has 0 N–H and O–H groups in total. The Labute approximate surface area is 83.9 Å². The molecule has 0 saturated carbocycles. The van der Waals surface area contributed by atoms with Gasteiger partial charge in [0.1, 0.15) is 5.78 Å². The molecule has 0 aliphatic heterocycles. The molecule has 0 aliphatic carbocycles. The lowest BCUT2D eigenvalue weighted by Gasteiger charge is -1.96. The molecule has 0 atom stereocenters. The summed E-state index contributed by atoms with van der Waals surface area (Å²) in [7, 11) is 0. The molecule has 0 bridgehead atoms. The van der Waals surface area contributed by atoms with E-state index in [2.05, 4.69) is 13.8 Å². The van der Waals surface area contributed by atoms with Crippen molar-refractivity contribution in [3.05, 3.63) is 0 Å². The number of hydrogen-bond donors (Lipinski definition) is 0. The summed E-state index contributed by atoms with van der Waals surface area (Å²) in [6.45, 7) is 7.58. The van der Waals surface area contributed by atoms with Gasteiger partial charge in [0.05, 0.1) is 0 Å². The lowest BCUT2D eigenvalue weighted by Crippen LogP contribution is -1.76. The Balaban J connectivity index is 0. The zero-order valence-electron chi connectivity index (χ0n) is 9.86. The molecule has 0 aromatic rings. The van der Waals surface area contributed by atoms with Crippen LogP contribution in [0.2, 0.25) is 0 Å². The van der Waals surface area contributed by atoms with Gasteiger partial charge >= 0.3 is 0 Å². The number of carbonyl (C=O) groups excluding carboxylic acids is 1. The lowest BCUT2D eigenvalue weighted by atomic mass is 10.1. The van der Waals surface area contributed by atoms with E-state index < -0.39 is 0 Å². The van der Waals surface area contributed by atoms with Gasteiger partial charge in [-0.05, 0) is 13.8 Å². The van der Waals surface area contributed by atoms with Crippen molar-refractivity contribution in [1.82, 2.24) is 0 Å². The number of Topliss-reactive ketones (excluding diaryl/α,β-unsaturated/α-hetero) is 1.